The average Bonchev–Trinajstić information content (AvgIpc) is 2.42. The minimum absolute atomic E-state index is 0.0823. The molecule has 1 aromatic carbocycles. The zero-order chi connectivity index (χ0) is 13.4. The van der Waals surface area contributed by atoms with Gasteiger partial charge in [-0.25, -0.2) is 0 Å². The number of methoxy groups -OCH3 is 1. The monoisotopic (exact) mass is 249 g/mol. The SMILES string of the molecule is C=CNOC(C)c1cccc(CCC(=O)OC)c1. The van der Waals surface area contributed by atoms with E-state index in [1.807, 2.05) is 31.2 Å². The van der Waals surface area contributed by atoms with Gasteiger partial charge < -0.3 is 4.74 Å². The van der Waals surface area contributed by atoms with Gasteiger partial charge in [-0.15, -0.1) is 0 Å². The van der Waals surface area contributed by atoms with E-state index in [0.29, 0.717) is 12.8 Å². The van der Waals surface area contributed by atoms with Crippen molar-refractivity contribution in [1.29, 1.82) is 0 Å². The summed E-state index contributed by atoms with van der Waals surface area (Å²) in [4.78, 5) is 16.4. The van der Waals surface area contributed by atoms with E-state index in [1.54, 1.807) is 0 Å². The zero-order valence-corrected chi connectivity index (χ0v) is 10.8. The summed E-state index contributed by atoms with van der Waals surface area (Å²) in [6.07, 6.45) is 2.46. The molecule has 0 fully saturated rings. The van der Waals surface area contributed by atoms with Gasteiger partial charge >= 0.3 is 5.97 Å². The van der Waals surface area contributed by atoms with Gasteiger partial charge in [-0.05, 0) is 24.5 Å². The van der Waals surface area contributed by atoms with Gasteiger partial charge in [0.05, 0.1) is 7.11 Å². The molecule has 1 unspecified atom stereocenters. The summed E-state index contributed by atoms with van der Waals surface area (Å²) in [5.74, 6) is -0.196. The molecular formula is C14H19NO3. The fourth-order valence-corrected chi connectivity index (χ4v) is 1.57. The van der Waals surface area contributed by atoms with Crippen molar-refractivity contribution in [3.63, 3.8) is 0 Å². The minimum Gasteiger partial charge on any atom is -0.469 e. The molecule has 1 N–H and O–H groups in total. The van der Waals surface area contributed by atoms with Gasteiger partial charge in [0, 0.05) is 12.6 Å². The minimum atomic E-state index is -0.196. The van der Waals surface area contributed by atoms with Crippen LogP contribution in [0.15, 0.2) is 37.0 Å². The molecule has 0 spiro atoms. The van der Waals surface area contributed by atoms with E-state index < -0.39 is 0 Å². The first-order chi connectivity index (χ1) is 8.67. The summed E-state index contributed by atoms with van der Waals surface area (Å²) in [7, 11) is 1.40. The quantitative estimate of drug-likeness (QED) is 0.596. The van der Waals surface area contributed by atoms with Crippen molar-refractivity contribution in [2.75, 3.05) is 7.11 Å². The van der Waals surface area contributed by atoms with Crippen molar-refractivity contribution >= 4 is 5.97 Å². The fraction of sp³-hybridized carbons (Fsp3) is 0.357. The Kier molecular flexibility index (Phi) is 5.94. The number of esters is 1. The van der Waals surface area contributed by atoms with E-state index in [4.69, 9.17) is 4.84 Å². The van der Waals surface area contributed by atoms with Crippen LogP contribution >= 0.6 is 0 Å². The summed E-state index contributed by atoms with van der Waals surface area (Å²) in [6, 6.07) is 7.95. The van der Waals surface area contributed by atoms with Gasteiger partial charge in [-0.2, -0.15) is 0 Å². The van der Waals surface area contributed by atoms with Crippen molar-refractivity contribution in [2.45, 2.75) is 25.9 Å². The highest BCUT2D eigenvalue weighted by Gasteiger charge is 2.07. The number of nitrogens with one attached hydrogen (secondary N) is 1. The first-order valence-electron chi connectivity index (χ1n) is 5.85. The van der Waals surface area contributed by atoms with E-state index in [0.717, 1.165) is 11.1 Å². The second kappa shape index (κ2) is 7.50. The lowest BCUT2D eigenvalue weighted by Crippen LogP contribution is -2.10. The number of carbonyl (C=O) groups excluding carboxylic acids is 1. The van der Waals surface area contributed by atoms with Crippen molar-refractivity contribution in [3.05, 3.63) is 48.2 Å². The largest absolute Gasteiger partial charge is 0.469 e. The molecule has 0 bridgehead atoms. The van der Waals surface area contributed by atoms with Gasteiger partial charge in [-0.3, -0.25) is 15.1 Å². The third kappa shape index (κ3) is 4.59. The molecule has 1 rings (SSSR count). The van der Waals surface area contributed by atoms with Crippen LogP contribution in [-0.4, -0.2) is 13.1 Å². The van der Waals surface area contributed by atoms with E-state index in [-0.39, 0.29) is 12.1 Å². The van der Waals surface area contributed by atoms with Crippen molar-refractivity contribution in [3.8, 4) is 0 Å². The number of aryl methyl sites for hydroxylation is 1. The lowest BCUT2D eigenvalue weighted by Gasteiger charge is -2.13. The van der Waals surface area contributed by atoms with Crippen molar-refractivity contribution in [2.24, 2.45) is 0 Å². The Balaban J connectivity index is 2.61. The first kappa shape index (κ1) is 14.3. The summed E-state index contributed by atoms with van der Waals surface area (Å²) in [5, 5.41) is 0. The Morgan fingerprint density at radius 3 is 3.00 bits per heavy atom. The molecule has 0 saturated carbocycles. The molecule has 1 aromatic rings. The van der Waals surface area contributed by atoms with Crippen LogP contribution in [-0.2, 0) is 20.8 Å². The molecule has 0 aliphatic carbocycles. The number of benzene rings is 1. The maximum atomic E-state index is 11.1. The Hall–Kier alpha value is -1.81. The van der Waals surface area contributed by atoms with Crippen LogP contribution in [0.3, 0.4) is 0 Å². The second-order valence-corrected chi connectivity index (χ2v) is 3.90. The Bertz CT molecular complexity index is 404. The Labute approximate surface area is 108 Å². The predicted octanol–water partition coefficient (Wildman–Crippen LogP) is 2.52. The van der Waals surface area contributed by atoms with E-state index in [1.165, 1.54) is 13.3 Å². The molecule has 98 valence electrons. The third-order valence-corrected chi connectivity index (χ3v) is 2.59. The van der Waals surface area contributed by atoms with Crippen LogP contribution in [0.4, 0.5) is 0 Å². The zero-order valence-electron chi connectivity index (χ0n) is 10.8. The third-order valence-electron chi connectivity index (χ3n) is 2.59. The number of ether oxygens (including phenoxy) is 1. The number of hydroxylamine groups is 1. The average molecular weight is 249 g/mol. The number of rotatable bonds is 7. The molecule has 0 heterocycles. The van der Waals surface area contributed by atoms with Crippen LogP contribution in [0.5, 0.6) is 0 Å². The molecule has 18 heavy (non-hydrogen) atoms. The molecule has 0 radical (unpaired) electrons. The summed E-state index contributed by atoms with van der Waals surface area (Å²) in [6.45, 7) is 5.46. The maximum absolute atomic E-state index is 11.1. The van der Waals surface area contributed by atoms with Gasteiger partial charge in [0.15, 0.2) is 0 Å². The van der Waals surface area contributed by atoms with Crippen molar-refractivity contribution in [1.82, 2.24) is 5.48 Å². The van der Waals surface area contributed by atoms with Crippen LogP contribution in [0.2, 0.25) is 0 Å². The summed E-state index contributed by atoms with van der Waals surface area (Å²) in [5.41, 5.74) is 4.75. The van der Waals surface area contributed by atoms with E-state index in [2.05, 4.69) is 16.8 Å². The highest BCUT2D eigenvalue weighted by Crippen LogP contribution is 2.17. The van der Waals surface area contributed by atoms with Crippen molar-refractivity contribution < 1.29 is 14.4 Å². The second-order valence-electron chi connectivity index (χ2n) is 3.90. The highest BCUT2D eigenvalue weighted by atomic mass is 16.7. The van der Waals surface area contributed by atoms with Crippen LogP contribution < -0.4 is 5.48 Å². The predicted molar refractivity (Wildman–Crippen MR) is 69.6 cm³/mol. The number of hydrogen-bond acceptors (Lipinski definition) is 4. The van der Waals surface area contributed by atoms with E-state index >= 15 is 0 Å². The lowest BCUT2D eigenvalue weighted by atomic mass is 10.0. The standard InChI is InChI=1S/C14H19NO3/c1-4-15-18-11(2)13-7-5-6-12(10-13)8-9-14(16)17-3/h4-7,10-11,15H,1,8-9H2,2-3H3. The molecule has 4 heteroatoms. The molecular weight excluding hydrogens is 230 g/mol. The molecule has 1 atom stereocenters. The molecule has 0 aliphatic rings. The molecule has 4 nitrogen and oxygen atoms in total. The summed E-state index contributed by atoms with van der Waals surface area (Å²) < 4.78 is 4.62. The molecule has 0 aromatic heterocycles. The van der Waals surface area contributed by atoms with Crippen LogP contribution in [0.1, 0.15) is 30.6 Å². The van der Waals surface area contributed by atoms with E-state index in [9.17, 15) is 4.79 Å². The molecule has 0 aliphatic heterocycles. The van der Waals surface area contributed by atoms with Gasteiger partial charge in [0.2, 0.25) is 0 Å². The summed E-state index contributed by atoms with van der Waals surface area (Å²) >= 11 is 0. The molecule has 0 saturated heterocycles. The number of carbonyl (C=O) groups is 1. The molecule has 0 amide bonds. The van der Waals surface area contributed by atoms with Crippen LogP contribution in [0, 0.1) is 0 Å². The maximum Gasteiger partial charge on any atom is 0.305 e. The fourth-order valence-electron chi connectivity index (χ4n) is 1.57. The van der Waals surface area contributed by atoms with Gasteiger partial charge in [0.1, 0.15) is 6.10 Å². The first-order valence-corrected chi connectivity index (χ1v) is 5.85. The normalized spacial score (nSPS) is 11.7. The highest BCUT2D eigenvalue weighted by molar-refractivity contribution is 5.69. The van der Waals surface area contributed by atoms with Gasteiger partial charge in [0.25, 0.3) is 0 Å². The van der Waals surface area contributed by atoms with Crippen LogP contribution in [0.25, 0.3) is 0 Å². The Morgan fingerprint density at radius 2 is 2.33 bits per heavy atom. The number of hydrogen-bond donors (Lipinski definition) is 1. The lowest BCUT2D eigenvalue weighted by molar-refractivity contribution is -0.140. The Morgan fingerprint density at radius 1 is 1.56 bits per heavy atom. The van der Waals surface area contributed by atoms with Gasteiger partial charge in [-0.1, -0.05) is 30.8 Å². The smallest absolute Gasteiger partial charge is 0.305 e. The topological polar surface area (TPSA) is 47.6 Å².